The number of fused-ring (bicyclic) bond motifs is 3. The smallest absolute Gasteiger partial charge is 0.257 e. The number of thiazole rings is 1. The number of aromatic amines is 1. The van der Waals surface area contributed by atoms with Crippen molar-refractivity contribution >= 4 is 26.8 Å². The van der Waals surface area contributed by atoms with E-state index < -0.39 is 5.92 Å². The number of benzene rings is 1. The first-order chi connectivity index (χ1) is 13.1. The third kappa shape index (κ3) is 2.58. The molecule has 8 nitrogen and oxygen atoms in total. The number of nitriles is 1. The van der Waals surface area contributed by atoms with Gasteiger partial charge in [-0.05, 0) is 17.7 Å². The van der Waals surface area contributed by atoms with Crippen LogP contribution >= 0.6 is 11.3 Å². The molecule has 9 heteroatoms. The average Bonchev–Trinajstić information content (AvgIpc) is 3.10. The van der Waals surface area contributed by atoms with Crippen LogP contribution in [0.5, 0.6) is 11.5 Å². The Morgan fingerprint density at radius 1 is 1.48 bits per heavy atom. The fourth-order valence-corrected chi connectivity index (χ4v) is 4.03. The van der Waals surface area contributed by atoms with Crippen LogP contribution < -0.4 is 26.1 Å². The van der Waals surface area contributed by atoms with E-state index in [-0.39, 0.29) is 17.0 Å². The van der Waals surface area contributed by atoms with Crippen molar-refractivity contribution in [1.29, 1.82) is 5.26 Å². The summed E-state index contributed by atoms with van der Waals surface area (Å²) in [5, 5.41) is 13.2. The first kappa shape index (κ1) is 16.9. The number of nitrogens with one attached hydrogen (secondary N) is 2. The molecule has 2 aromatic heterocycles. The highest BCUT2D eigenvalue weighted by molar-refractivity contribution is 7.22. The lowest BCUT2D eigenvalue weighted by molar-refractivity contribution is 0.396. The summed E-state index contributed by atoms with van der Waals surface area (Å²) in [6, 6.07) is 9.27. The number of aromatic nitrogens is 2. The van der Waals surface area contributed by atoms with Crippen molar-refractivity contribution < 1.29 is 9.47 Å². The summed E-state index contributed by atoms with van der Waals surface area (Å²) in [5.74, 6) is 0.257. The van der Waals surface area contributed by atoms with Crippen molar-refractivity contribution in [2.24, 2.45) is 5.73 Å². The van der Waals surface area contributed by atoms with Crippen LogP contribution in [0.3, 0.4) is 0 Å². The molecule has 1 aromatic carbocycles. The first-order valence-electron chi connectivity index (χ1n) is 8.03. The molecule has 1 aliphatic rings. The number of hydrogen-bond acceptors (Lipinski definition) is 8. The van der Waals surface area contributed by atoms with Crippen molar-refractivity contribution in [3.63, 3.8) is 0 Å². The van der Waals surface area contributed by atoms with Crippen LogP contribution in [0.1, 0.15) is 17.0 Å². The van der Waals surface area contributed by atoms with Gasteiger partial charge in [0.15, 0.2) is 16.5 Å². The molecule has 0 aliphatic carbocycles. The van der Waals surface area contributed by atoms with Gasteiger partial charge in [-0.1, -0.05) is 23.5 Å². The predicted octanol–water partition coefficient (Wildman–Crippen LogP) is 2.25. The Bertz CT molecular complexity index is 1190. The number of pyridine rings is 1. The summed E-state index contributed by atoms with van der Waals surface area (Å²) < 4.78 is 11.7. The van der Waals surface area contributed by atoms with Crippen molar-refractivity contribution in [1.82, 2.24) is 9.97 Å². The average molecular weight is 381 g/mol. The van der Waals surface area contributed by atoms with Gasteiger partial charge in [0.2, 0.25) is 5.88 Å². The number of hydrogen-bond donors (Lipinski definition) is 3. The molecule has 4 rings (SSSR count). The zero-order valence-corrected chi connectivity index (χ0v) is 15.3. The lowest BCUT2D eigenvalue weighted by Crippen LogP contribution is -2.27. The number of anilines is 1. The summed E-state index contributed by atoms with van der Waals surface area (Å²) >= 11 is 1.33. The van der Waals surface area contributed by atoms with E-state index in [0.29, 0.717) is 38.1 Å². The fraction of sp³-hybridized carbons (Fsp3) is 0.167. The Kier molecular flexibility index (Phi) is 3.97. The van der Waals surface area contributed by atoms with Gasteiger partial charge in [0.05, 0.1) is 18.6 Å². The molecule has 0 saturated heterocycles. The highest BCUT2D eigenvalue weighted by Crippen LogP contribution is 2.45. The molecule has 1 unspecified atom stereocenters. The van der Waals surface area contributed by atoms with Gasteiger partial charge in [0, 0.05) is 7.05 Å². The maximum atomic E-state index is 12.9. The Morgan fingerprint density at radius 3 is 3.00 bits per heavy atom. The maximum absolute atomic E-state index is 12.9. The third-order valence-corrected chi connectivity index (χ3v) is 5.44. The van der Waals surface area contributed by atoms with Crippen LogP contribution in [0.25, 0.3) is 10.3 Å². The topological polar surface area (TPSA) is 126 Å². The molecule has 3 aromatic rings. The van der Waals surface area contributed by atoms with Crippen LogP contribution in [0, 0.1) is 11.3 Å². The number of H-pyrrole nitrogens is 1. The van der Waals surface area contributed by atoms with Gasteiger partial charge in [-0.2, -0.15) is 5.26 Å². The standard InChI is InChI=1S/C18H15N5O3S/c1-21-18-23-16-14(27-18)13-12(17(24)22-16)11(10(7-19)15(20)26-13)8-4-3-5-9(6-8)25-2/h3-6,11H,20H2,1-2H3,(H2,21,22,23,24). The van der Waals surface area contributed by atoms with E-state index in [1.54, 1.807) is 32.4 Å². The number of ether oxygens (including phenoxy) is 2. The van der Waals surface area contributed by atoms with Gasteiger partial charge in [0.25, 0.3) is 5.56 Å². The molecule has 1 aliphatic heterocycles. The van der Waals surface area contributed by atoms with Gasteiger partial charge < -0.3 is 25.5 Å². The second-order valence-electron chi connectivity index (χ2n) is 5.85. The quantitative estimate of drug-likeness (QED) is 0.635. The number of nitrogens with zero attached hydrogens (tertiary/aromatic N) is 2. The first-order valence-corrected chi connectivity index (χ1v) is 8.85. The largest absolute Gasteiger partial charge is 0.497 e. The molecule has 1 atom stereocenters. The van der Waals surface area contributed by atoms with Crippen molar-refractivity contribution in [2.75, 3.05) is 19.5 Å². The van der Waals surface area contributed by atoms with Crippen molar-refractivity contribution in [3.05, 3.63) is 57.2 Å². The van der Waals surface area contributed by atoms with E-state index >= 15 is 0 Å². The van der Waals surface area contributed by atoms with E-state index in [1.165, 1.54) is 11.3 Å². The zero-order chi connectivity index (χ0) is 19.1. The Labute approximate surface area is 157 Å². The minimum Gasteiger partial charge on any atom is -0.497 e. The van der Waals surface area contributed by atoms with Crippen LogP contribution in [-0.2, 0) is 0 Å². The number of allylic oxidation sites excluding steroid dienone is 1. The molecule has 0 amide bonds. The van der Waals surface area contributed by atoms with Crippen molar-refractivity contribution in [2.45, 2.75) is 5.92 Å². The summed E-state index contributed by atoms with van der Waals surface area (Å²) in [5.41, 5.74) is 7.29. The van der Waals surface area contributed by atoms with Gasteiger partial charge in [0.1, 0.15) is 22.1 Å². The van der Waals surface area contributed by atoms with Crippen molar-refractivity contribution in [3.8, 4) is 17.6 Å². The Balaban J connectivity index is 2.04. The molecular formula is C18H15N5O3S. The summed E-state index contributed by atoms with van der Waals surface area (Å²) in [4.78, 5) is 20.0. The normalized spacial score (nSPS) is 15.8. The minimum atomic E-state index is -0.665. The van der Waals surface area contributed by atoms with E-state index in [1.807, 2.05) is 6.07 Å². The third-order valence-electron chi connectivity index (χ3n) is 4.37. The summed E-state index contributed by atoms with van der Waals surface area (Å²) in [7, 11) is 3.30. The highest BCUT2D eigenvalue weighted by Gasteiger charge is 2.35. The second-order valence-corrected chi connectivity index (χ2v) is 6.84. The van der Waals surface area contributed by atoms with E-state index in [0.717, 1.165) is 0 Å². The number of nitrogens with two attached hydrogens (primary N) is 1. The Hall–Kier alpha value is -3.51. The molecule has 0 spiro atoms. The molecular weight excluding hydrogens is 366 g/mol. The minimum absolute atomic E-state index is 0.0240. The summed E-state index contributed by atoms with van der Waals surface area (Å²) in [6.45, 7) is 0. The molecule has 136 valence electrons. The van der Waals surface area contributed by atoms with Crippen LogP contribution in [0.4, 0.5) is 5.13 Å². The predicted molar refractivity (Wildman–Crippen MR) is 102 cm³/mol. The number of rotatable bonds is 3. The monoisotopic (exact) mass is 381 g/mol. The molecule has 0 bridgehead atoms. The lowest BCUT2D eigenvalue weighted by Gasteiger charge is -2.25. The lowest BCUT2D eigenvalue weighted by atomic mass is 9.84. The molecule has 3 heterocycles. The molecule has 27 heavy (non-hydrogen) atoms. The molecule has 0 saturated carbocycles. The van der Waals surface area contributed by atoms with E-state index in [2.05, 4.69) is 21.4 Å². The summed E-state index contributed by atoms with van der Waals surface area (Å²) in [6.07, 6.45) is 0. The zero-order valence-electron chi connectivity index (χ0n) is 14.5. The second kappa shape index (κ2) is 6.34. The van der Waals surface area contributed by atoms with Gasteiger partial charge in [-0.3, -0.25) is 4.79 Å². The Morgan fingerprint density at radius 2 is 2.30 bits per heavy atom. The highest BCUT2D eigenvalue weighted by atomic mass is 32.1. The van der Waals surface area contributed by atoms with Gasteiger partial charge >= 0.3 is 0 Å². The van der Waals surface area contributed by atoms with Crippen LogP contribution in [0.15, 0.2) is 40.5 Å². The molecule has 4 N–H and O–H groups in total. The number of methoxy groups -OCH3 is 1. The molecule has 0 fully saturated rings. The van der Waals surface area contributed by atoms with Crippen LogP contribution in [-0.4, -0.2) is 24.1 Å². The van der Waals surface area contributed by atoms with E-state index in [9.17, 15) is 10.1 Å². The SMILES string of the molecule is CNc1nc2[nH]c(=O)c3c(c2s1)OC(N)=C(C#N)C3c1cccc(OC)c1. The maximum Gasteiger partial charge on any atom is 0.257 e. The van der Waals surface area contributed by atoms with Crippen LogP contribution in [0.2, 0.25) is 0 Å². The van der Waals surface area contributed by atoms with Gasteiger partial charge in [-0.15, -0.1) is 0 Å². The van der Waals surface area contributed by atoms with E-state index in [4.69, 9.17) is 15.2 Å². The fourth-order valence-electron chi connectivity index (χ4n) is 3.16. The molecule has 0 radical (unpaired) electrons. The van der Waals surface area contributed by atoms with Gasteiger partial charge in [-0.25, -0.2) is 4.98 Å².